The monoisotopic (exact) mass is 196 g/mol. The van der Waals surface area contributed by atoms with E-state index in [0.29, 0.717) is 0 Å². The Bertz CT molecular complexity index is 113. The fourth-order valence-corrected chi connectivity index (χ4v) is 1.68. The van der Waals surface area contributed by atoms with Crippen molar-refractivity contribution >= 4 is 0 Å². The molecule has 0 aromatic heterocycles. The van der Waals surface area contributed by atoms with Gasteiger partial charge in [0.2, 0.25) is 0 Å². The van der Waals surface area contributed by atoms with Gasteiger partial charge in [-0.2, -0.15) is 0 Å². The number of allylic oxidation sites excluding steroid dienone is 2. The highest BCUT2D eigenvalue weighted by molar-refractivity contribution is 4.79. The van der Waals surface area contributed by atoms with Gasteiger partial charge in [0.1, 0.15) is 0 Å². The highest BCUT2D eigenvalue weighted by Crippen LogP contribution is 2.09. The fourth-order valence-electron chi connectivity index (χ4n) is 1.68. The Kier molecular flexibility index (Phi) is 12.5. The molecule has 0 aliphatic heterocycles. The lowest BCUT2D eigenvalue weighted by Gasteiger charge is -1.99. The molecule has 0 aromatic carbocycles. The standard InChI is InChI=1S/C14H28/c1-3-5-7-9-11-13-14-12-10-8-6-4-2/h5,7H,3-4,6,8-14H2,1-2H3. The van der Waals surface area contributed by atoms with Crippen LogP contribution < -0.4 is 0 Å². The maximum Gasteiger partial charge on any atom is -0.0351 e. The molecular formula is C14H28. The molecule has 0 nitrogen and oxygen atoms in total. The molecule has 0 aromatic rings. The van der Waals surface area contributed by atoms with Crippen molar-refractivity contribution in [2.75, 3.05) is 0 Å². The molecule has 0 spiro atoms. The normalized spacial score (nSPS) is 11.3. The number of hydrogen-bond acceptors (Lipinski definition) is 0. The molecule has 84 valence electrons. The Labute approximate surface area is 90.8 Å². The molecule has 0 unspecified atom stereocenters. The van der Waals surface area contributed by atoms with Crippen molar-refractivity contribution in [2.45, 2.75) is 78.1 Å². The Morgan fingerprint density at radius 3 is 1.79 bits per heavy atom. The topological polar surface area (TPSA) is 0 Å². The van der Waals surface area contributed by atoms with Crippen molar-refractivity contribution in [1.82, 2.24) is 0 Å². The maximum atomic E-state index is 2.33. The van der Waals surface area contributed by atoms with E-state index in [-0.39, 0.29) is 0 Å². The molecule has 0 saturated heterocycles. The van der Waals surface area contributed by atoms with Crippen molar-refractivity contribution in [1.29, 1.82) is 0 Å². The molecule has 0 heteroatoms. The summed E-state index contributed by atoms with van der Waals surface area (Å²) in [4.78, 5) is 0. The van der Waals surface area contributed by atoms with Crippen molar-refractivity contribution in [3.05, 3.63) is 12.2 Å². The van der Waals surface area contributed by atoms with Gasteiger partial charge >= 0.3 is 0 Å². The molecule has 0 aliphatic rings. The van der Waals surface area contributed by atoms with E-state index in [9.17, 15) is 0 Å². The third kappa shape index (κ3) is 11.7. The average molecular weight is 196 g/mol. The third-order valence-electron chi connectivity index (χ3n) is 2.63. The van der Waals surface area contributed by atoms with E-state index >= 15 is 0 Å². The molecule has 0 heterocycles. The molecular weight excluding hydrogens is 168 g/mol. The maximum absolute atomic E-state index is 2.33. The van der Waals surface area contributed by atoms with Crippen molar-refractivity contribution in [3.8, 4) is 0 Å². The number of rotatable bonds is 10. The van der Waals surface area contributed by atoms with E-state index in [0.717, 1.165) is 0 Å². The van der Waals surface area contributed by atoms with Gasteiger partial charge in [0.05, 0.1) is 0 Å². The molecule has 0 fully saturated rings. The lowest BCUT2D eigenvalue weighted by molar-refractivity contribution is 0.577. The second-order valence-electron chi connectivity index (χ2n) is 4.14. The first-order chi connectivity index (χ1) is 6.91. The summed E-state index contributed by atoms with van der Waals surface area (Å²) in [6.07, 6.45) is 18.5. The third-order valence-corrected chi connectivity index (χ3v) is 2.63. The highest BCUT2D eigenvalue weighted by Gasteiger charge is 1.89. The predicted octanol–water partition coefficient (Wildman–Crippen LogP) is 5.48. The van der Waals surface area contributed by atoms with Gasteiger partial charge < -0.3 is 0 Å². The fraction of sp³-hybridized carbons (Fsp3) is 0.857. The molecule has 0 N–H and O–H groups in total. The predicted molar refractivity (Wildman–Crippen MR) is 66.7 cm³/mol. The Morgan fingerprint density at radius 1 is 0.643 bits per heavy atom. The smallest absolute Gasteiger partial charge is 0.0351 e. The van der Waals surface area contributed by atoms with Crippen molar-refractivity contribution in [2.24, 2.45) is 0 Å². The zero-order valence-electron chi connectivity index (χ0n) is 10.2. The van der Waals surface area contributed by atoms with Gasteiger partial charge in [0.25, 0.3) is 0 Å². The first-order valence-corrected chi connectivity index (χ1v) is 6.56. The van der Waals surface area contributed by atoms with Crippen LogP contribution >= 0.6 is 0 Å². The van der Waals surface area contributed by atoms with E-state index in [1.165, 1.54) is 64.2 Å². The summed E-state index contributed by atoms with van der Waals surface area (Å²) in [6, 6.07) is 0. The summed E-state index contributed by atoms with van der Waals surface area (Å²) in [7, 11) is 0. The van der Waals surface area contributed by atoms with Gasteiger partial charge in [-0.15, -0.1) is 0 Å². The Hall–Kier alpha value is -0.260. The number of hydrogen-bond donors (Lipinski definition) is 0. The average Bonchev–Trinajstić information content (AvgIpc) is 2.21. The summed E-state index contributed by atoms with van der Waals surface area (Å²) in [5.41, 5.74) is 0. The minimum atomic E-state index is 1.19. The van der Waals surface area contributed by atoms with Crippen LogP contribution in [0.2, 0.25) is 0 Å². The molecule has 14 heavy (non-hydrogen) atoms. The lowest BCUT2D eigenvalue weighted by atomic mass is 10.1. The van der Waals surface area contributed by atoms with E-state index in [4.69, 9.17) is 0 Å². The van der Waals surface area contributed by atoms with Gasteiger partial charge in [0.15, 0.2) is 0 Å². The first kappa shape index (κ1) is 13.7. The largest absolute Gasteiger partial charge is 0.0888 e. The molecule has 0 amide bonds. The van der Waals surface area contributed by atoms with E-state index in [1.807, 2.05) is 0 Å². The second kappa shape index (κ2) is 12.7. The summed E-state index contributed by atoms with van der Waals surface area (Å²) < 4.78 is 0. The Morgan fingerprint density at radius 2 is 1.21 bits per heavy atom. The zero-order valence-corrected chi connectivity index (χ0v) is 10.2. The van der Waals surface area contributed by atoms with Crippen LogP contribution in [0, 0.1) is 0 Å². The highest BCUT2D eigenvalue weighted by atomic mass is 14.0. The molecule has 0 aliphatic carbocycles. The molecule has 0 rings (SSSR count). The summed E-state index contributed by atoms with van der Waals surface area (Å²) in [5, 5.41) is 0. The SMILES string of the molecule is CCC=CCCCCCCCCCC. The minimum Gasteiger partial charge on any atom is -0.0888 e. The quantitative estimate of drug-likeness (QED) is 0.320. The summed E-state index contributed by atoms with van der Waals surface area (Å²) in [6.45, 7) is 4.48. The van der Waals surface area contributed by atoms with Gasteiger partial charge in [-0.05, 0) is 19.3 Å². The van der Waals surface area contributed by atoms with Crippen LogP contribution in [0.15, 0.2) is 12.2 Å². The number of unbranched alkanes of at least 4 members (excludes halogenated alkanes) is 8. The van der Waals surface area contributed by atoms with Crippen molar-refractivity contribution < 1.29 is 0 Å². The van der Waals surface area contributed by atoms with E-state index < -0.39 is 0 Å². The van der Waals surface area contributed by atoms with E-state index in [1.54, 1.807) is 0 Å². The lowest BCUT2D eigenvalue weighted by Crippen LogP contribution is -1.79. The van der Waals surface area contributed by atoms with Crippen molar-refractivity contribution in [3.63, 3.8) is 0 Å². The summed E-state index contributed by atoms with van der Waals surface area (Å²) in [5.74, 6) is 0. The van der Waals surface area contributed by atoms with Crippen LogP contribution in [0.25, 0.3) is 0 Å². The molecule has 0 atom stereocenters. The van der Waals surface area contributed by atoms with Crippen LogP contribution in [0.1, 0.15) is 78.1 Å². The second-order valence-corrected chi connectivity index (χ2v) is 4.14. The van der Waals surface area contributed by atoms with Gasteiger partial charge in [-0.1, -0.05) is 70.9 Å². The molecule has 0 bridgehead atoms. The van der Waals surface area contributed by atoms with Crippen LogP contribution in [-0.4, -0.2) is 0 Å². The van der Waals surface area contributed by atoms with Gasteiger partial charge in [-0.25, -0.2) is 0 Å². The first-order valence-electron chi connectivity index (χ1n) is 6.56. The molecule has 0 saturated carbocycles. The summed E-state index contributed by atoms with van der Waals surface area (Å²) >= 11 is 0. The van der Waals surface area contributed by atoms with E-state index in [2.05, 4.69) is 26.0 Å². The van der Waals surface area contributed by atoms with Crippen LogP contribution in [0.3, 0.4) is 0 Å². The Balaban J connectivity index is 2.88. The zero-order chi connectivity index (χ0) is 10.5. The van der Waals surface area contributed by atoms with Gasteiger partial charge in [0, 0.05) is 0 Å². The minimum absolute atomic E-state index is 1.19. The molecule has 0 radical (unpaired) electrons. The van der Waals surface area contributed by atoms with Crippen LogP contribution in [0.4, 0.5) is 0 Å². The van der Waals surface area contributed by atoms with Crippen LogP contribution in [0.5, 0.6) is 0 Å². The van der Waals surface area contributed by atoms with Gasteiger partial charge in [-0.3, -0.25) is 0 Å². The van der Waals surface area contributed by atoms with Crippen LogP contribution in [-0.2, 0) is 0 Å².